The summed E-state index contributed by atoms with van der Waals surface area (Å²) in [5.74, 6) is -0.483. The Balaban J connectivity index is 1.53. The van der Waals surface area contributed by atoms with Crippen molar-refractivity contribution in [3.63, 3.8) is 0 Å². The van der Waals surface area contributed by atoms with Crippen molar-refractivity contribution in [1.29, 1.82) is 0 Å². The second-order valence-electron chi connectivity index (χ2n) is 9.74. The number of rotatable bonds is 4. The van der Waals surface area contributed by atoms with Gasteiger partial charge in [0, 0.05) is 16.9 Å². The fourth-order valence-electron chi connectivity index (χ4n) is 5.49. The first-order chi connectivity index (χ1) is 17.1. The first kappa shape index (κ1) is 24.1. The third-order valence-electron chi connectivity index (χ3n) is 6.77. The van der Waals surface area contributed by atoms with E-state index in [9.17, 15) is 14.4 Å². The van der Waals surface area contributed by atoms with E-state index in [1.807, 2.05) is 89.2 Å². The van der Waals surface area contributed by atoms with Crippen LogP contribution in [-0.4, -0.2) is 30.0 Å². The van der Waals surface area contributed by atoms with E-state index in [1.54, 1.807) is 4.90 Å². The molecule has 0 aromatic heterocycles. The molecule has 3 amide bonds. The van der Waals surface area contributed by atoms with E-state index in [1.165, 1.54) is 16.7 Å². The van der Waals surface area contributed by atoms with Crippen LogP contribution in [0, 0.1) is 34.6 Å². The van der Waals surface area contributed by atoms with Gasteiger partial charge in [0.05, 0.1) is 11.4 Å². The molecular weight excluding hydrogens is 470 g/mol. The zero-order chi connectivity index (χ0) is 25.8. The molecule has 0 saturated carbocycles. The van der Waals surface area contributed by atoms with Crippen LogP contribution in [0.25, 0.3) is 0 Å². The number of amides is 3. The maximum atomic E-state index is 14.2. The van der Waals surface area contributed by atoms with Gasteiger partial charge in [-0.1, -0.05) is 42.0 Å². The number of fused-ring (bicyclic) bond motifs is 2. The monoisotopic (exact) mass is 499 g/mol. The molecule has 0 aliphatic carbocycles. The molecule has 2 heterocycles. The molecule has 36 heavy (non-hydrogen) atoms. The van der Waals surface area contributed by atoms with E-state index in [4.69, 9.17) is 0 Å². The normalized spacial score (nSPS) is 18.8. The van der Waals surface area contributed by atoms with E-state index in [0.29, 0.717) is 11.4 Å². The number of benzene rings is 3. The quantitative estimate of drug-likeness (QED) is 0.539. The van der Waals surface area contributed by atoms with Gasteiger partial charge >= 0.3 is 0 Å². The molecule has 6 nitrogen and oxygen atoms in total. The molecule has 0 radical (unpaired) electrons. The van der Waals surface area contributed by atoms with Gasteiger partial charge in [-0.05, 0) is 75.1 Å². The van der Waals surface area contributed by atoms with Gasteiger partial charge in [-0.3, -0.25) is 24.2 Å². The van der Waals surface area contributed by atoms with Gasteiger partial charge in [0.1, 0.15) is 6.54 Å². The molecule has 2 aliphatic heterocycles. The summed E-state index contributed by atoms with van der Waals surface area (Å²) in [7, 11) is 0. The number of nitrogens with one attached hydrogen (secondary N) is 1. The van der Waals surface area contributed by atoms with Gasteiger partial charge in [-0.25, -0.2) is 0 Å². The minimum absolute atomic E-state index is 0.120. The Hall–Kier alpha value is -3.58. The molecule has 1 fully saturated rings. The van der Waals surface area contributed by atoms with Crippen LogP contribution < -0.4 is 15.1 Å². The van der Waals surface area contributed by atoms with Gasteiger partial charge in [0.15, 0.2) is 0 Å². The van der Waals surface area contributed by atoms with Crippen molar-refractivity contribution < 1.29 is 14.4 Å². The lowest BCUT2D eigenvalue weighted by molar-refractivity contribution is -0.124. The Kier molecular flexibility index (Phi) is 5.91. The zero-order valence-corrected chi connectivity index (χ0v) is 22.0. The molecule has 1 saturated heterocycles. The number of thioether (sulfide) groups is 1. The molecule has 0 unspecified atom stereocenters. The molecule has 1 spiro atoms. The summed E-state index contributed by atoms with van der Waals surface area (Å²) in [5.41, 5.74) is 7.97. The summed E-state index contributed by atoms with van der Waals surface area (Å²) in [6.45, 7) is 9.76. The number of anilines is 3. The number of nitrogens with zero attached hydrogens (tertiary/aromatic N) is 2. The molecule has 7 heteroatoms. The van der Waals surface area contributed by atoms with Crippen LogP contribution in [0.4, 0.5) is 17.1 Å². The molecule has 184 valence electrons. The molecular formula is C29H29N3O3S. The summed E-state index contributed by atoms with van der Waals surface area (Å²) < 4.78 is 0. The summed E-state index contributed by atoms with van der Waals surface area (Å²) in [4.78, 5) is 42.6. The number of hydrogen-bond acceptors (Lipinski definition) is 4. The second-order valence-corrected chi connectivity index (χ2v) is 10.9. The highest BCUT2D eigenvalue weighted by Gasteiger charge is 2.61. The van der Waals surface area contributed by atoms with Crippen molar-refractivity contribution in [3.8, 4) is 0 Å². The van der Waals surface area contributed by atoms with E-state index in [-0.39, 0.29) is 30.0 Å². The lowest BCUT2D eigenvalue weighted by atomic mass is 10.0. The fourth-order valence-corrected chi connectivity index (χ4v) is 6.85. The standard InChI is InChI=1S/C29H29N3O3S/c1-17-10-18(2)14-22(13-17)32-26(34)16-36-29(32)23-8-6-7-9-24(23)31(28(29)35)15-25(33)30-27-20(4)11-19(3)12-21(27)5/h6-14H,15-16H2,1-5H3,(H,30,33)/t29-/m1/s1. The van der Waals surface area contributed by atoms with Gasteiger partial charge in [-0.2, -0.15) is 0 Å². The van der Waals surface area contributed by atoms with Gasteiger partial charge in [-0.15, -0.1) is 11.8 Å². The highest BCUT2D eigenvalue weighted by Crippen LogP contribution is 2.55. The van der Waals surface area contributed by atoms with Crippen molar-refractivity contribution in [2.45, 2.75) is 39.5 Å². The van der Waals surface area contributed by atoms with Crippen molar-refractivity contribution in [1.82, 2.24) is 0 Å². The highest BCUT2D eigenvalue weighted by molar-refractivity contribution is 8.02. The summed E-state index contributed by atoms with van der Waals surface area (Å²) in [6.07, 6.45) is 0. The molecule has 3 aromatic carbocycles. The van der Waals surface area contributed by atoms with E-state index < -0.39 is 4.87 Å². The van der Waals surface area contributed by atoms with E-state index in [0.717, 1.165) is 39.1 Å². The Morgan fingerprint density at radius 1 is 0.917 bits per heavy atom. The van der Waals surface area contributed by atoms with Crippen molar-refractivity contribution in [2.24, 2.45) is 0 Å². The first-order valence-electron chi connectivity index (χ1n) is 12.0. The van der Waals surface area contributed by atoms with E-state index >= 15 is 0 Å². The van der Waals surface area contributed by atoms with Crippen molar-refractivity contribution in [3.05, 3.63) is 88.0 Å². The molecule has 0 bridgehead atoms. The summed E-state index contributed by atoms with van der Waals surface area (Å²) in [5, 5.41) is 3.01. The third kappa shape index (κ3) is 3.78. The number of carbonyl (C=O) groups is 3. The van der Waals surface area contributed by atoms with Crippen LogP contribution in [0.3, 0.4) is 0 Å². The Labute approximate surface area is 215 Å². The Bertz CT molecular complexity index is 1390. The Morgan fingerprint density at radius 3 is 2.19 bits per heavy atom. The minimum Gasteiger partial charge on any atom is -0.324 e. The molecule has 3 aromatic rings. The van der Waals surface area contributed by atoms with Crippen LogP contribution in [0.1, 0.15) is 33.4 Å². The zero-order valence-electron chi connectivity index (χ0n) is 21.1. The highest BCUT2D eigenvalue weighted by atomic mass is 32.2. The Morgan fingerprint density at radius 2 is 1.53 bits per heavy atom. The maximum absolute atomic E-state index is 14.2. The fraction of sp³-hybridized carbons (Fsp3) is 0.276. The first-order valence-corrected chi connectivity index (χ1v) is 12.9. The number of aryl methyl sites for hydroxylation is 5. The maximum Gasteiger partial charge on any atom is 0.269 e. The van der Waals surface area contributed by atoms with Crippen LogP contribution in [-0.2, 0) is 19.3 Å². The number of hydrogen-bond donors (Lipinski definition) is 1. The average Bonchev–Trinajstić information content (AvgIpc) is 3.26. The summed E-state index contributed by atoms with van der Waals surface area (Å²) >= 11 is 1.32. The second kappa shape index (κ2) is 8.82. The molecule has 2 aliphatic rings. The van der Waals surface area contributed by atoms with Crippen LogP contribution in [0.2, 0.25) is 0 Å². The van der Waals surface area contributed by atoms with Crippen LogP contribution in [0.15, 0.2) is 54.6 Å². The lowest BCUT2D eigenvalue weighted by Gasteiger charge is -2.33. The topological polar surface area (TPSA) is 69.7 Å². The lowest BCUT2D eigenvalue weighted by Crippen LogP contribution is -2.51. The molecule has 5 rings (SSSR count). The van der Waals surface area contributed by atoms with Gasteiger partial charge in [0.25, 0.3) is 5.91 Å². The van der Waals surface area contributed by atoms with Gasteiger partial charge in [0.2, 0.25) is 16.7 Å². The molecule has 1 N–H and O–H groups in total. The molecule has 1 atom stereocenters. The third-order valence-corrected chi connectivity index (χ3v) is 8.16. The number of para-hydroxylation sites is 1. The van der Waals surface area contributed by atoms with Crippen LogP contribution in [0.5, 0.6) is 0 Å². The van der Waals surface area contributed by atoms with E-state index in [2.05, 4.69) is 5.32 Å². The SMILES string of the molecule is Cc1cc(C)cc(N2C(=O)CS[C@]23C(=O)N(CC(=O)Nc2c(C)cc(C)cc2C)c2ccccc23)c1. The average molecular weight is 500 g/mol. The predicted octanol–water partition coefficient (Wildman–Crippen LogP) is 5.15. The van der Waals surface area contributed by atoms with Crippen molar-refractivity contribution >= 4 is 46.5 Å². The largest absolute Gasteiger partial charge is 0.324 e. The smallest absolute Gasteiger partial charge is 0.269 e. The van der Waals surface area contributed by atoms with Gasteiger partial charge < -0.3 is 5.32 Å². The van der Waals surface area contributed by atoms with Crippen molar-refractivity contribution in [2.75, 3.05) is 27.4 Å². The number of carbonyl (C=O) groups excluding carboxylic acids is 3. The van der Waals surface area contributed by atoms with Crippen LogP contribution >= 0.6 is 11.8 Å². The predicted molar refractivity (Wildman–Crippen MR) is 146 cm³/mol. The summed E-state index contributed by atoms with van der Waals surface area (Å²) in [6, 6.07) is 17.4. The minimum atomic E-state index is -1.23.